The van der Waals surface area contributed by atoms with Crippen LogP contribution in [0.15, 0.2) is 23.1 Å². The third-order valence-corrected chi connectivity index (χ3v) is 10.6. The molecule has 45 heavy (non-hydrogen) atoms. The van der Waals surface area contributed by atoms with E-state index in [1.165, 1.54) is 48.9 Å². The fourth-order valence-corrected chi connectivity index (χ4v) is 8.57. The Hall–Kier alpha value is -3.58. The van der Waals surface area contributed by atoms with Crippen molar-refractivity contribution in [3.63, 3.8) is 0 Å². The van der Waals surface area contributed by atoms with E-state index in [4.69, 9.17) is 0 Å². The van der Waals surface area contributed by atoms with Crippen LogP contribution in [0, 0.1) is 23.7 Å². The van der Waals surface area contributed by atoms with Crippen LogP contribution in [0.3, 0.4) is 0 Å². The molecule has 244 valence electrons. The molecule has 4 N–H and O–H groups in total. The summed E-state index contributed by atoms with van der Waals surface area (Å²) >= 11 is 0. The molecule has 2 atom stereocenters. The van der Waals surface area contributed by atoms with Crippen molar-refractivity contribution in [3.8, 4) is 0 Å². The maximum absolute atomic E-state index is 13.5. The second kappa shape index (κ2) is 13.4. The Morgan fingerprint density at radius 2 is 1.64 bits per heavy atom. The lowest BCUT2D eigenvalue weighted by Gasteiger charge is -2.54. The monoisotopic (exact) mass is 623 g/mol. The van der Waals surface area contributed by atoms with Gasteiger partial charge in [-0.1, -0.05) is 0 Å². The van der Waals surface area contributed by atoms with E-state index in [0.29, 0.717) is 24.9 Å². The average molecular weight is 624 g/mol. The summed E-state index contributed by atoms with van der Waals surface area (Å²) in [5, 5.41) is 11.1. The fraction of sp³-hybridized carbons (Fsp3) is 0.688. The molecule has 3 aliphatic heterocycles. The molecule has 13 nitrogen and oxygen atoms in total. The summed E-state index contributed by atoms with van der Waals surface area (Å²) in [5.41, 5.74) is -0.580. The number of aromatic nitrogens is 1. The Balaban J connectivity index is 1.10. The lowest BCUT2D eigenvalue weighted by atomic mass is 9.54. The third kappa shape index (κ3) is 6.99. The first-order valence-electron chi connectivity index (χ1n) is 16.6. The van der Waals surface area contributed by atoms with Gasteiger partial charge in [-0.2, -0.15) is 0 Å². The van der Waals surface area contributed by atoms with Crippen LogP contribution in [0.4, 0.5) is 5.69 Å². The molecule has 0 aromatic carbocycles. The number of amides is 4. The molecule has 1 aromatic heterocycles. The smallest absolute Gasteiger partial charge is 0.287 e. The molecule has 13 heteroatoms. The first-order chi connectivity index (χ1) is 21.7. The van der Waals surface area contributed by atoms with Gasteiger partial charge in [0.05, 0.1) is 0 Å². The lowest BCUT2D eigenvalue weighted by molar-refractivity contribution is -0.138. The minimum atomic E-state index is -1.15. The van der Waals surface area contributed by atoms with Gasteiger partial charge in [0, 0.05) is 57.9 Å². The number of nitrogens with one attached hydrogen (secondary N) is 4. The molecule has 7 fully saturated rings. The number of piperazine rings is 3. The minimum Gasteiger partial charge on any atom is -0.351 e. The maximum atomic E-state index is 13.5. The Morgan fingerprint density at radius 3 is 2.27 bits per heavy atom. The van der Waals surface area contributed by atoms with Crippen molar-refractivity contribution < 1.29 is 24.0 Å². The molecule has 7 aliphatic rings. The highest BCUT2D eigenvalue weighted by atomic mass is 16.2. The number of pyridine rings is 1. The Labute approximate surface area is 262 Å². The Bertz CT molecular complexity index is 1360. The van der Waals surface area contributed by atoms with Gasteiger partial charge in [-0.15, -0.1) is 0 Å². The Morgan fingerprint density at radius 1 is 0.956 bits per heavy atom. The summed E-state index contributed by atoms with van der Waals surface area (Å²) < 4.78 is 1.27. The number of carbonyl (C=O) groups is 5. The van der Waals surface area contributed by atoms with Crippen molar-refractivity contribution in [2.45, 2.75) is 76.5 Å². The van der Waals surface area contributed by atoms with Crippen molar-refractivity contribution in [2.24, 2.45) is 23.7 Å². The van der Waals surface area contributed by atoms with Crippen LogP contribution < -0.4 is 26.8 Å². The van der Waals surface area contributed by atoms with Gasteiger partial charge in [-0.25, -0.2) is 0 Å². The number of hydrogen-bond donors (Lipinski definition) is 4. The van der Waals surface area contributed by atoms with Crippen LogP contribution in [0.2, 0.25) is 0 Å². The van der Waals surface area contributed by atoms with Gasteiger partial charge in [0.15, 0.2) is 0 Å². The molecule has 0 spiro atoms. The summed E-state index contributed by atoms with van der Waals surface area (Å²) in [6, 6.07) is 1.61. The molecule has 4 amide bonds. The molecule has 8 rings (SSSR count). The zero-order valence-corrected chi connectivity index (χ0v) is 26.0. The largest absolute Gasteiger partial charge is 0.351 e. The van der Waals surface area contributed by atoms with Crippen LogP contribution in [0.1, 0.15) is 51.9 Å². The van der Waals surface area contributed by atoms with Gasteiger partial charge in [0.2, 0.25) is 23.5 Å². The van der Waals surface area contributed by atoms with Gasteiger partial charge in [0.25, 0.3) is 11.5 Å². The summed E-state index contributed by atoms with van der Waals surface area (Å²) in [4.78, 5) is 81.9. The highest BCUT2D eigenvalue weighted by Gasteiger charge is 2.48. The van der Waals surface area contributed by atoms with Crippen molar-refractivity contribution in [3.05, 3.63) is 28.7 Å². The first-order valence-corrected chi connectivity index (χ1v) is 16.6. The topological polar surface area (TPSA) is 162 Å². The number of ketones is 1. The lowest BCUT2D eigenvalue weighted by Crippen LogP contribution is -2.66. The number of Topliss-reactive ketones (excluding diaryl/α,β-unsaturated/α-hetero) is 1. The van der Waals surface area contributed by atoms with Gasteiger partial charge >= 0.3 is 0 Å². The second-order valence-electron chi connectivity index (χ2n) is 13.6. The van der Waals surface area contributed by atoms with Crippen molar-refractivity contribution >= 4 is 35.1 Å². The molecule has 4 heterocycles. The van der Waals surface area contributed by atoms with Crippen molar-refractivity contribution in [1.82, 2.24) is 30.3 Å². The van der Waals surface area contributed by atoms with Crippen molar-refractivity contribution in [1.29, 1.82) is 0 Å². The fourth-order valence-electron chi connectivity index (χ4n) is 8.57. The SMILES string of the molecule is CCNC(=O)C(=O)CC[C@H](NC(=O)C1CN2CCN1CC2)C(=O)Nc1cccn(CC(=O)NC2C3CC4CC(C3)CC2C4)c1=O. The molecule has 4 aliphatic carbocycles. The van der Waals surface area contributed by atoms with Crippen LogP contribution >= 0.6 is 0 Å². The van der Waals surface area contributed by atoms with E-state index in [1.54, 1.807) is 13.0 Å². The van der Waals surface area contributed by atoms with Gasteiger partial charge < -0.3 is 25.8 Å². The third-order valence-electron chi connectivity index (χ3n) is 10.6. The van der Waals surface area contributed by atoms with Crippen LogP contribution in [0.25, 0.3) is 0 Å². The Kier molecular flexibility index (Phi) is 9.36. The number of anilines is 1. The standard InChI is InChI=1S/C32H45N7O6/c1-2-33-31(44)26(40)6-5-23(34-30(43)25-17-37-8-10-38(25)11-9-37)29(42)35-24-4-3-7-39(32(24)45)18-27(41)36-28-21-13-19-12-20(15-21)16-22(28)14-19/h3-4,7,19-23,25,28H,2,5-6,8-18H2,1H3,(H,33,44)(H,34,43)(H,35,42)(H,36,41)/t19?,20?,21?,22?,23-,25?,28?/m0/s1. The van der Waals surface area contributed by atoms with E-state index in [2.05, 4.69) is 31.1 Å². The summed E-state index contributed by atoms with van der Waals surface area (Å²) in [5.74, 6) is -0.0664. The molecule has 6 bridgehead atoms. The van der Waals surface area contributed by atoms with Crippen molar-refractivity contribution in [2.75, 3.05) is 44.6 Å². The molecular weight excluding hydrogens is 578 g/mol. The van der Waals surface area contributed by atoms with E-state index in [9.17, 15) is 28.8 Å². The molecule has 0 radical (unpaired) electrons. The zero-order valence-electron chi connectivity index (χ0n) is 26.0. The van der Waals surface area contributed by atoms with E-state index in [0.717, 1.165) is 38.0 Å². The molecule has 1 unspecified atom stereocenters. The summed E-state index contributed by atoms with van der Waals surface area (Å²) in [6.07, 6.45) is 7.15. The highest BCUT2D eigenvalue weighted by Crippen LogP contribution is 2.53. The quantitative estimate of drug-likeness (QED) is 0.231. The van der Waals surface area contributed by atoms with E-state index >= 15 is 0 Å². The normalized spacial score (nSPS) is 31.6. The average Bonchev–Trinajstić information content (AvgIpc) is 3.03. The number of fused-ring (bicyclic) bond motifs is 3. The van der Waals surface area contributed by atoms with Gasteiger partial charge in [0.1, 0.15) is 24.3 Å². The number of rotatable bonds is 12. The van der Waals surface area contributed by atoms with Gasteiger partial charge in [-0.05, 0) is 81.3 Å². The summed E-state index contributed by atoms with van der Waals surface area (Å²) in [6.45, 7) is 5.65. The van der Waals surface area contributed by atoms with Gasteiger partial charge in [-0.3, -0.25) is 38.6 Å². The zero-order chi connectivity index (χ0) is 31.7. The first kappa shape index (κ1) is 31.4. The molecule has 3 saturated heterocycles. The predicted octanol–water partition coefficient (Wildman–Crippen LogP) is -0.302. The van der Waals surface area contributed by atoms with Crippen LogP contribution in [-0.4, -0.2) is 101 Å². The van der Waals surface area contributed by atoms with Crippen LogP contribution in [0.5, 0.6) is 0 Å². The van der Waals surface area contributed by atoms with E-state index < -0.39 is 35.2 Å². The minimum absolute atomic E-state index is 0.0363. The van der Waals surface area contributed by atoms with E-state index in [1.807, 2.05) is 0 Å². The number of hydrogen-bond acceptors (Lipinski definition) is 8. The predicted molar refractivity (Wildman–Crippen MR) is 165 cm³/mol. The number of carbonyl (C=O) groups excluding carboxylic acids is 5. The summed E-state index contributed by atoms with van der Waals surface area (Å²) in [7, 11) is 0. The molecule has 1 aromatic rings. The van der Waals surface area contributed by atoms with Crippen LogP contribution in [-0.2, 0) is 30.5 Å². The highest BCUT2D eigenvalue weighted by molar-refractivity contribution is 6.36. The second-order valence-corrected chi connectivity index (χ2v) is 13.6. The molecular formula is C32H45N7O6. The maximum Gasteiger partial charge on any atom is 0.287 e. The molecule has 4 saturated carbocycles. The number of nitrogens with zero attached hydrogens (tertiary/aromatic N) is 3. The van der Waals surface area contributed by atoms with E-state index in [-0.39, 0.29) is 42.9 Å². The number of likely N-dealkylation sites (N-methyl/N-ethyl adjacent to an activating group) is 1.